The number of nitrogens with one attached hydrogen (secondary N) is 1. The first-order chi connectivity index (χ1) is 13.0. The van der Waals surface area contributed by atoms with Crippen LogP contribution in [0.5, 0.6) is 0 Å². The van der Waals surface area contributed by atoms with Crippen molar-refractivity contribution in [2.24, 2.45) is 0 Å². The van der Waals surface area contributed by atoms with Crippen molar-refractivity contribution in [2.75, 3.05) is 33.2 Å². The number of carbonyl (C=O) groups excluding carboxylic acids is 2. The van der Waals surface area contributed by atoms with Crippen LogP contribution in [0, 0.1) is 0 Å². The molecule has 2 fully saturated rings. The van der Waals surface area contributed by atoms with Crippen LogP contribution in [0.15, 0.2) is 5.38 Å². The van der Waals surface area contributed by atoms with Gasteiger partial charge < -0.3 is 10.2 Å². The Morgan fingerprint density at radius 2 is 2.19 bits per heavy atom. The lowest BCUT2D eigenvalue weighted by molar-refractivity contribution is -0.131. The molecule has 1 aromatic rings. The quantitative estimate of drug-likeness (QED) is 0.728. The molecule has 3 rings (SSSR count). The summed E-state index contributed by atoms with van der Waals surface area (Å²) in [5.41, 5.74) is 0.918. The SMILES string of the molecule is CCN(CC)C(=O)CC[C@@H]1CNC(=O)[C@H]2[C@@H](CCN2Cc2csnn2)N1C. The Morgan fingerprint density at radius 3 is 2.85 bits per heavy atom. The van der Waals surface area contributed by atoms with Gasteiger partial charge in [-0.05, 0) is 45.3 Å². The highest BCUT2D eigenvalue weighted by atomic mass is 32.1. The third-order valence-electron chi connectivity index (χ3n) is 5.93. The molecule has 1 N–H and O–H groups in total. The first-order valence-corrected chi connectivity index (χ1v) is 10.7. The number of likely N-dealkylation sites (N-methyl/N-ethyl adjacent to an activating group) is 1. The lowest BCUT2D eigenvalue weighted by Gasteiger charge is -2.33. The molecule has 2 amide bonds. The molecule has 0 spiro atoms. The van der Waals surface area contributed by atoms with Crippen molar-refractivity contribution < 1.29 is 9.59 Å². The highest BCUT2D eigenvalue weighted by Gasteiger charge is 2.45. The molecule has 2 aliphatic heterocycles. The van der Waals surface area contributed by atoms with Gasteiger partial charge in [-0.25, -0.2) is 0 Å². The van der Waals surface area contributed by atoms with Crippen LogP contribution in [-0.2, 0) is 16.1 Å². The van der Waals surface area contributed by atoms with E-state index in [-0.39, 0.29) is 29.9 Å². The third kappa shape index (κ3) is 4.47. The number of hydrogen-bond donors (Lipinski definition) is 1. The minimum Gasteiger partial charge on any atom is -0.353 e. The largest absolute Gasteiger partial charge is 0.353 e. The molecule has 1 aromatic heterocycles. The average Bonchev–Trinajstić information content (AvgIpc) is 3.30. The molecule has 0 radical (unpaired) electrons. The van der Waals surface area contributed by atoms with Crippen molar-refractivity contribution in [2.45, 2.75) is 57.8 Å². The van der Waals surface area contributed by atoms with E-state index in [1.54, 1.807) is 0 Å². The molecule has 0 bridgehead atoms. The van der Waals surface area contributed by atoms with E-state index in [0.717, 1.165) is 38.2 Å². The summed E-state index contributed by atoms with van der Waals surface area (Å²) in [6.07, 6.45) is 2.25. The van der Waals surface area contributed by atoms with Crippen LogP contribution in [-0.4, -0.2) is 87.5 Å². The van der Waals surface area contributed by atoms with Gasteiger partial charge in [-0.1, -0.05) is 4.49 Å². The number of hydrogen-bond acceptors (Lipinski definition) is 7. The fourth-order valence-corrected chi connectivity index (χ4v) is 4.75. The summed E-state index contributed by atoms with van der Waals surface area (Å²) in [6, 6.07) is 0.192. The second-order valence-corrected chi connectivity index (χ2v) is 7.95. The summed E-state index contributed by atoms with van der Waals surface area (Å²) < 4.78 is 3.92. The van der Waals surface area contributed by atoms with Crippen molar-refractivity contribution in [1.82, 2.24) is 29.6 Å². The summed E-state index contributed by atoms with van der Waals surface area (Å²) in [5, 5.41) is 9.16. The lowest BCUT2D eigenvalue weighted by atomic mass is 10.0. The maximum absolute atomic E-state index is 12.8. The number of fused-ring (bicyclic) bond motifs is 1. The average molecular weight is 395 g/mol. The monoisotopic (exact) mass is 394 g/mol. The second-order valence-electron chi connectivity index (χ2n) is 7.34. The maximum Gasteiger partial charge on any atom is 0.239 e. The number of nitrogens with zero attached hydrogens (tertiary/aromatic N) is 5. The summed E-state index contributed by atoms with van der Waals surface area (Å²) >= 11 is 1.34. The second kappa shape index (κ2) is 9.07. The van der Waals surface area contributed by atoms with E-state index in [9.17, 15) is 9.59 Å². The molecule has 3 atom stereocenters. The van der Waals surface area contributed by atoms with Crippen molar-refractivity contribution in [3.05, 3.63) is 11.1 Å². The number of likely N-dealkylation sites (tertiary alicyclic amines) is 1. The Bertz CT molecular complexity index is 636. The first kappa shape index (κ1) is 20.2. The molecule has 0 unspecified atom stereocenters. The molecular weight excluding hydrogens is 364 g/mol. The molecule has 27 heavy (non-hydrogen) atoms. The van der Waals surface area contributed by atoms with Crippen LogP contribution in [0.4, 0.5) is 0 Å². The van der Waals surface area contributed by atoms with Crippen LogP contribution in [0.2, 0.25) is 0 Å². The highest BCUT2D eigenvalue weighted by molar-refractivity contribution is 7.03. The molecule has 0 aromatic carbocycles. The Hall–Kier alpha value is -1.58. The Balaban J connectivity index is 1.63. The predicted molar refractivity (Wildman–Crippen MR) is 104 cm³/mol. The smallest absolute Gasteiger partial charge is 0.239 e. The summed E-state index contributed by atoms with van der Waals surface area (Å²) in [5.74, 6) is 0.287. The van der Waals surface area contributed by atoms with Gasteiger partial charge in [0.05, 0.1) is 5.69 Å². The van der Waals surface area contributed by atoms with Crippen LogP contribution in [0.1, 0.15) is 38.8 Å². The third-order valence-corrected chi connectivity index (χ3v) is 6.48. The highest BCUT2D eigenvalue weighted by Crippen LogP contribution is 2.28. The van der Waals surface area contributed by atoms with Crippen LogP contribution < -0.4 is 5.32 Å². The number of aromatic nitrogens is 2. The molecule has 2 saturated heterocycles. The van der Waals surface area contributed by atoms with Gasteiger partial charge in [0.15, 0.2) is 0 Å². The van der Waals surface area contributed by atoms with Crippen LogP contribution >= 0.6 is 11.5 Å². The van der Waals surface area contributed by atoms with Crippen molar-refractivity contribution in [3.8, 4) is 0 Å². The molecule has 150 valence electrons. The van der Waals surface area contributed by atoms with E-state index in [0.29, 0.717) is 19.5 Å². The van der Waals surface area contributed by atoms with Gasteiger partial charge in [0, 0.05) is 56.6 Å². The molecule has 0 aliphatic carbocycles. The summed E-state index contributed by atoms with van der Waals surface area (Å²) in [6.45, 7) is 7.64. The van der Waals surface area contributed by atoms with Crippen LogP contribution in [0.3, 0.4) is 0 Å². The number of amides is 2. The molecule has 8 nitrogen and oxygen atoms in total. The molecule has 0 saturated carbocycles. The molecule has 9 heteroatoms. The Morgan fingerprint density at radius 1 is 1.41 bits per heavy atom. The standard InChI is InChI=1S/C18H30N6O2S/c1-4-23(5-2)16(25)7-6-14-10-19-18(26)17-15(22(14)3)8-9-24(17)11-13-12-27-21-20-13/h12,14-15,17H,4-11H2,1-3H3,(H,19,26)/t14-,15-,17-/m1/s1. The maximum atomic E-state index is 12.8. The van der Waals surface area contributed by atoms with Gasteiger partial charge in [0.1, 0.15) is 6.04 Å². The van der Waals surface area contributed by atoms with Crippen molar-refractivity contribution in [3.63, 3.8) is 0 Å². The lowest BCUT2D eigenvalue weighted by Crippen LogP contribution is -2.49. The fraction of sp³-hybridized carbons (Fsp3) is 0.778. The zero-order chi connectivity index (χ0) is 19.4. The fourth-order valence-electron chi connectivity index (χ4n) is 4.31. The van der Waals surface area contributed by atoms with Gasteiger partial charge in [0.25, 0.3) is 0 Å². The minimum atomic E-state index is -0.166. The van der Waals surface area contributed by atoms with E-state index < -0.39 is 0 Å². The summed E-state index contributed by atoms with van der Waals surface area (Å²) in [4.78, 5) is 31.5. The first-order valence-electron chi connectivity index (χ1n) is 9.82. The topological polar surface area (TPSA) is 81.7 Å². The van der Waals surface area contributed by atoms with E-state index in [2.05, 4.69) is 31.8 Å². The van der Waals surface area contributed by atoms with Gasteiger partial charge in [-0.2, -0.15) is 0 Å². The van der Waals surface area contributed by atoms with Crippen molar-refractivity contribution in [1.29, 1.82) is 0 Å². The number of carbonyl (C=O) groups is 2. The van der Waals surface area contributed by atoms with E-state index in [1.807, 2.05) is 24.1 Å². The molecule has 2 aliphatic rings. The molecular formula is C18H30N6O2S. The van der Waals surface area contributed by atoms with E-state index >= 15 is 0 Å². The van der Waals surface area contributed by atoms with Gasteiger partial charge >= 0.3 is 0 Å². The normalized spacial score (nSPS) is 26.5. The van der Waals surface area contributed by atoms with Crippen LogP contribution in [0.25, 0.3) is 0 Å². The van der Waals surface area contributed by atoms with Crippen molar-refractivity contribution >= 4 is 23.3 Å². The predicted octanol–water partition coefficient (Wildman–Crippen LogP) is 0.560. The number of rotatable bonds is 7. The molecule has 3 heterocycles. The zero-order valence-electron chi connectivity index (χ0n) is 16.4. The van der Waals surface area contributed by atoms with Gasteiger partial charge in [-0.15, -0.1) is 5.10 Å². The summed E-state index contributed by atoms with van der Waals surface area (Å²) in [7, 11) is 2.10. The van der Waals surface area contributed by atoms with E-state index in [4.69, 9.17) is 0 Å². The minimum absolute atomic E-state index is 0.0881. The van der Waals surface area contributed by atoms with E-state index in [1.165, 1.54) is 11.5 Å². The van der Waals surface area contributed by atoms with Gasteiger partial charge in [0.2, 0.25) is 11.8 Å². The zero-order valence-corrected chi connectivity index (χ0v) is 17.2. The van der Waals surface area contributed by atoms with Gasteiger partial charge in [-0.3, -0.25) is 19.4 Å². The Kier molecular flexibility index (Phi) is 6.78. The Labute approximate surface area is 165 Å².